The van der Waals surface area contributed by atoms with Crippen molar-refractivity contribution < 1.29 is 4.74 Å². The lowest BCUT2D eigenvalue weighted by molar-refractivity contribution is 0.181. The molecule has 2 atom stereocenters. The second-order valence-electron chi connectivity index (χ2n) is 5.85. The minimum absolute atomic E-state index is 0.464. The number of nitrogens with one attached hydrogen (secondary N) is 1. The highest BCUT2D eigenvalue weighted by Gasteiger charge is 2.19. The Morgan fingerprint density at radius 1 is 1.43 bits per heavy atom. The highest BCUT2D eigenvalue weighted by atomic mass is 16.5. The minimum Gasteiger partial charge on any atom is -0.381 e. The lowest BCUT2D eigenvalue weighted by Crippen LogP contribution is -2.42. The molecule has 0 spiro atoms. The van der Waals surface area contributed by atoms with E-state index in [0.29, 0.717) is 11.8 Å². The summed E-state index contributed by atoms with van der Waals surface area (Å²) in [5.41, 5.74) is 1.35. The summed E-state index contributed by atoms with van der Waals surface area (Å²) < 4.78 is 5.44. The smallest absolute Gasteiger partial charge is 0.193 e. The summed E-state index contributed by atoms with van der Waals surface area (Å²) in [5.74, 6) is 2.05. The average molecular weight is 289 g/mol. The molecular formula is C17H27N3O. The second kappa shape index (κ2) is 8.03. The summed E-state index contributed by atoms with van der Waals surface area (Å²) in [4.78, 5) is 6.59. The summed E-state index contributed by atoms with van der Waals surface area (Å²) >= 11 is 0. The molecule has 1 aromatic carbocycles. The van der Waals surface area contributed by atoms with Crippen molar-refractivity contribution in [1.82, 2.24) is 10.2 Å². The van der Waals surface area contributed by atoms with E-state index >= 15 is 0 Å². The van der Waals surface area contributed by atoms with Gasteiger partial charge in [0, 0.05) is 39.7 Å². The molecule has 4 nitrogen and oxygen atoms in total. The molecule has 1 fully saturated rings. The zero-order valence-electron chi connectivity index (χ0n) is 13.4. The van der Waals surface area contributed by atoms with Crippen LogP contribution in [0, 0.1) is 5.92 Å². The van der Waals surface area contributed by atoms with Crippen LogP contribution in [0.25, 0.3) is 0 Å². The Bertz CT molecular complexity index is 441. The highest BCUT2D eigenvalue weighted by molar-refractivity contribution is 5.79. The summed E-state index contributed by atoms with van der Waals surface area (Å²) in [5, 5.41) is 3.48. The van der Waals surface area contributed by atoms with E-state index in [4.69, 9.17) is 4.74 Å². The standard InChI is InChI=1S/C17H27N3O/c1-14(16-7-5-4-6-8-16)11-19-17(18-2)20(3)12-15-9-10-21-13-15/h4-8,14-15H,9-13H2,1-3H3,(H,18,19). The van der Waals surface area contributed by atoms with Gasteiger partial charge in [-0.2, -0.15) is 0 Å². The third-order valence-corrected chi connectivity index (χ3v) is 4.06. The molecule has 1 aromatic rings. The molecule has 0 aromatic heterocycles. The number of nitrogens with zero attached hydrogens (tertiary/aromatic N) is 2. The largest absolute Gasteiger partial charge is 0.381 e. The Labute approximate surface area is 128 Å². The van der Waals surface area contributed by atoms with Gasteiger partial charge >= 0.3 is 0 Å². The number of hydrogen-bond acceptors (Lipinski definition) is 2. The Kier molecular flexibility index (Phi) is 6.05. The molecule has 1 heterocycles. The summed E-state index contributed by atoms with van der Waals surface area (Å²) in [7, 11) is 3.94. The van der Waals surface area contributed by atoms with Crippen LogP contribution in [0.4, 0.5) is 0 Å². The fourth-order valence-corrected chi connectivity index (χ4v) is 2.73. The third-order valence-electron chi connectivity index (χ3n) is 4.06. The van der Waals surface area contributed by atoms with Crippen molar-refractivity contribution in [1.29, 1.82) is 0 Å². The maximum atomic E-state index is 5.44. The second-order valence-corrected chi connectivity index (χ2v) is 5.85. The van der Waals surface area contributed by atoms with E-state index in [-0.39, 0.29) is 0 Å². The quantitative estimate of drug-likeness (QED) is 0.668. The van der Waals surface area contributed by atoms with E-state index in [1.807, 2.05) is 7.05 Å². The zero-order chi connectivity index (χ0) is 15.1. The Morgan fingerprint density at radius 2 is 2.19 bits per heavy atom. The van der Waals surface area contributed by atoms with Crippen molar-refractivity contribution in [2.24, 2.45) is 10.9 Å². The van der Waals surface area contributed by atoms with Crippen molar-refractivity contribution in [3.05, 3.63) is 35.9 Å². The molecule has 1 aliphatic heterocycles. The van der Waals surface area contributed by atoms with Crippen molar-refractivity contribution >= 4 is 5.96 Å². The first kappa shape index (κ1) is 15.8. The van der Waals surface area contributed by atoms with Crippen LogP contribution in [-0.2, 0) is 4.74 Å². The van der Waals surface area contributed by atoms with E-state index in [1.54, 1.807) is 0 Å². The molecule has 2 unspecified atom stereocenters. The molecule has 0 bridgehead atoms. The summed E-state index contributed by atoms with van der Waals surface area (Å²) in [6, 6.07) is 10.6. The predicted octanol–water partition coefficient (Wildman–Crippen LogP) is 2.33. The molecule has 21 heavy (non-hydrogen) atoms. The number of aliphatic imine (C=N–C) groups is 1. The van der Waals surface area contributed by atoms with Gasteiger partial charge < -0.3 is 15.0 Å². The Morgan fingerprint density at radius 3 is 2.81 bits per heavy atom. The topological polar surface area (TPSA) is 36.9 Å². The van der Waals surface area contributed by atoms with Gasteiger partial charge in [-0.25, -0.2) is 0 Å². The molecule has 0 aliphatic carbocycles. The normalized spacial score (nSPS) is 20.3. The molecule has 2 rings (SSSR count). The molecule has 1 saturated heterocycles. The van der Waals surface area contributed by atoms with Crippen LogP contribution in [0.15, 0.2) is 35.3 Å². The molecule has 1 N–H and O–H groups in total. The first-order chi connectivity index (χ1) is 10.2. The van der Waals surface area contributed by atoms with Gasteiger partial charge in [-0.05, 0) is 17.9 Å². The van der Waals surface area contributed by atoms with Crippen LogP contribution < -0.4 is 5.32 Å². The fourth-order valence-electron chi connectivity index (χ4n) is 2.73. The molecule has 4 heteroatoms. The Balaban J connectivity index is 1.81. The number of rotatable bonds is 5. The van der Waals surface area contributed by atoms with E-state index in [2.05, 4.69) is 59.5 Å². The van der Waals surface area contributed by atoms with Gasteiger partial charge in [0.25, 0.3) is 0 Å². The van der Waals surface area contributed by atoms with Crippen LogP contribution in [0.1, 0.15) is 24.8 Å². The lowest BCUT2D eigenvalue weighted by atomic mass is 10.0. The van der Waals surface area contributed by atoms with Gasteiger partial charge in [-0.15, -0.1) is 0 Å². The average Bonchev–Trinajstić information content (AvgIpc) is 3.01. The molecule has 1 aliphatic rings. The highest BCUT2D eigenvalue weighted by Crippen LogP contribution is 2.14. The first-order valence-corrected chi connectivity index (χ1v) is 7.75. The monoisotopic (exact) mass is 289 g/mol. The minimum atomic E-state index is 0.464. The number of ether oxygens (including phenoxy) is 1. The number of hydrogen-bond donors (Lipinski definition) is 1. The van der Waals surface area contributed by atoms with Gasteiger partial charge in [0.2, 0.25) is 0 Å². The Hall–Kier alpha value is -1.55. The molecular weight excluding hydrogens is 262 g/mol. The SMILES string of the molecule is CN=C(NCC(C)c1ccccc1)N(C)CC1CCOC1. The van der Waals surface area contributed by atoms with E-state index in [1.165, 1.54) is 5.56 Å². The summed E-state index contributed by atoms with van der Waals surface area (Å²) in [6.07, 6.45) is 1.15. The van der Waals surface area contributed by atoms with E-state index < -0.39 is 0 Å². The molecule has 0 radical (unpaired) electrons. The number of guanidine groups is 1. The van der Waals surface area contributed by atoms with Crippen LogP contribution in [0.2, 0.25) is 0 Å². The lowest BCUT2D eigenvalue weighted by Gasteiger charge is -2.25. The van der Waals surface area contributed by atoms with Crippen LogP contribution >= 0.6 is 0 Å². The van der Waals surface area contributed by atoms with Gasteiger partial charge in [-0.3, -0.25) is 4.99 Å². The maximum Gasteiger partial charge on any atom is 0.193 e. The summed E-state index contributed by atoms with van der Waals surface area (Å²) in [6.45, 7) is 5.90. The van der Waals surface area contributed by atoms with Crippen molar-refractivity contribution in [3.63, 3.8) is 0 Å². The van der Waals surface area contributed by atoms with Crippen molar-refractivity contribution in [2.75, 3.05) is 40.4 Å². The predicted molar refractivity (Wildman–Crippen MR) is 87.8 cm³/mol. The zero-order valence-corrected chi connectivity index (χ0v) is 13.4. The van der Waals surface area contributed by atoms with Crippen LogP contribution in [0.5, 0.6) is 0 Å². The first-order valence-electron chi connectivity index (χ1n) is 7.75. The fraction of sp³-hybridized carbons (Fsp3) is 0.588. The third kappa shape index (κ3) is 4.74. The molecule has 116 valence electrons. The number of benzene rings is 1. The van der Waals surface area contributed by atoms with Gasteiger partial charge in [0.15, 0.2) is 5.96 Å². The van der Waals surface area contributed by atoms with Crippen molar-refractivity contribution in [2.45, 2.75) is 19.3 Å². The molecule has 0 amide bonds. The van der Waals surface area contributed by atoms with E-state index in [9.17, 15) is 0 Å². The van der Waals surface area contributed by atoms with Gasteiger partial charge in [0.05, 0.1) is 6.61 Å². The molecule has 0 saturated carbocycles. The van der Waals surface area contributed by atoms with Crippen molar-refractivity contribution in [3.8, 4) is 0 Å². The van der Waals surface area contributed by atoms with Crippen LogP contribution in [0.3, 0.4) is 0 Å². The van der Waals surface area contributed by atoms with Gasteiger partial charge in [0.1, 0.15) is 0 Å². The van der Waals surface area contributed by atoms with Crippen LogP contribution in [-0.4, -0.2) is 51.3 Å². The van der Waals surface area contributed by atoms with E-state index in [0.717, 1.165) is 38.7 Å². The van der Waals surface area contributed by atoms with Gasteiger partial charge in [-0.1, -0.05) is 37.3 Å². The maximum absolute atomic E-state index is 5.44.